The van der Waals surface area contributed by atoms with Gasteiger partial charge in [-0.15, -0.1) is 0 Å². The fraction of sp³-hybridized carbons (Fsp3) is 0.647. The second kappa shape index (κ2) is 5.73. The third-order valence-electron chi connectivity index (χ3n) is 4.96. The summed E-state index contributed by atoms with van der Waals surface area (Å²) in [5, 5.41) is 10.8. The van der Waals surface area contributed by atoms with Crippen molar-refractivity contribution in [1.82, 2.24) is 0 Å². The van der Waals surface area contributed by atoms with E-state index in [1.807, 2.05) is 39.0 Å². The zero-order valence-electron chi connectivity index (χ0n) is 13.4. The Morgan fingerprint density at radius 2 is 1.90 bits per heavy atom. The Balaban J connectivity index is 2.32. The van der Waals surface area contributed by atoms with Crippen molar-refractivity contribution < 1.29 is 13.5 Å². The van der Waals surface area contributed by atoms with Crippen LogP contribution < -0.4 is 0 Å². The molecule has 1 aromatic rings. The Morgan fingerprint density at radius 3 is 2.52 bits per heavy atom. The molecule has 0 heterocycles. The molecule has 1 aromatic carbocycles. The second-order valence-electron chi connectivity index (χ2n) is 6.78. The maximum atomic E-state index is 11.8. The van der Waals surface area contributed by atoms with Crippen molar-refractivity contribution in [2.45, 2.75) is 57.3 Å². The summed E-state index contributed by atoms with van der Waals surface area (Å²) in [6.07, 6.45) is 4.33. The van der Waals surface area contributed by atoms with Gasteiger partial charge in [0.05, 0.1) is 10.9 Å². The lowest BCUT2D eigenvalue weighted by Gasteiger charge is -2.39. The Bertz CT molecular complexity index is 617. The highest BCUT2D eigenvalue weighted by Crippen LogP contribution is 2.41. The Labute approximate surface area is 128 Å². The van der Waals surface area contributed by atoms with Crippen molar-refractivity contribution >= 4 is 9.84 Å². The Kier molecular flexibility index (Phi) is 4.50. The van der Waals surface area contributed by atoms with Crippen molar-refractivity contribution in [2.24, 2.45) is 5.92 Å². The Morgan fingerprint density at radius 1 is 1.24 bits per heavy atom. The van der Waals surface area contributed by atoms with Crippen LogP contribution in [0, 0.1) is 19.8 Å². The molecular weight excluding hydrogens is 284 g/mol. The first-order valence-corrected chi connectivity index (χ1v) is 9.57. The Hall–Kier alpha value is -0.870. The molecule has 0 aromatic heterocycles. The molecule has 21 heavy (non-hydrogen) atoms. The van der Waals surface area contributed by atoms with E-state index in [4.69, 9.17) is 0 Å². The van der Waals surface area contributed by atoms with E-state index in [2.05, 4.69) is 0 Å². The molecule has 1 fully saturated rings. The molecule has 0 aliphatic heterocycles. The predicted octanol–water partition coefficient (Wildman–Crippen LogP) is 3.11. The highest BCUT2D eigenvalue weighted by molar-refractivity contribution is 7.91. The lowest BCUT2D eigenvalue weighted by Crippen LogP contribution is -2.39. The monoisotopic (exact) mass is 310 g/mol. The molecule has 1 N–H and O–H groups in total. The number of hydrogen-bond donors (Lipinski definition) is 1. The quantitative estimate of drug-likeness (QED) is 0.933. The molecule has 0 saturated heterocycles. The topological polar surface area (TPSA) is 54.4 Å². The second-order valence-corrected chi connectivity index (χ2v) is 9.11. The maximum Gasteiger partial charge on any atom is 0.150 e. The van der Waals surface area contributed by atoms with Crippen LogP contribution in [0.1, 0.15) is 49.3 Å². The number of benzene rings is 1. The summed E-state index contributed by atoms with van der Waals surface area (Å²) in [5.41, 5.74) is 2.14. The van der Waals surface area contributed by atoms with Crippen LogP contribution in [0.25, 0.3) is 0 Å². The first kappa shape index (κ1) is 16.5. The van der Waals surface area contributed by atoms with E-state index in [1.54, 1.807) is 0 Å². The van der Waals surface area contributed by atoms with Crippen LogP contribution in [-0.2, 0) is 15.4 Å². The van der Waals surface area contributed by atoms with Crippen LogP contribution in [0.2, 0.25) is 0 Å². The molecule has 0 bridgehead atoms. The lowest BCUT2D eigenvalue weighted by molar-refractivity contribution is -0.0213. The van der Waals surface area contributed by atoms with Crippen molar-refractivity contribution in [3.63, 3.8) is 0 Å². The highest BCUT2D eigenvalue weighted by atomic mass is 32.2. The number of sulfone groups is 1. The molecule has 1 aliphatic rings. The summed E-state index contributed by atoms with van der Waals surface area (Å²) in [6.45, 7) is 5.85. The summed E-state index contributed by atoms with van der Waals surface area (Å²) in [6, 6.07) is 6.09. The van der Waals surface area contributed by atoms with Crippen LogP contribution >= 0.6 is 0 Å². The molecule has 0 spiro atoms. The molecule has 2 rings (SSSR count). The average Bonchev–Trinajstić information content (AvgIpc) is 2.40. The smallest absolute Gasteiger partial charge is 0.150 e. The van der Waals surface area contributed by atoms with Crippen LogP contribution in [0.5, 0.6) is 0 Å². The zero-order valence-corrected chi connectivity index (χ0v) is 14.2. The van der Waals surface area contributed by atoms with Gasteiger partial charge in [0.25, 0.3) is 0 Å². The minimum atomic E-state index is -3.03. The molecular formula is C17H26O3S. The fourth-order valence-corrected chi connectivity index (χ4v) is 4.72. The average molecular weight is 310 g/mol. The van der Waals surface area contributed by atoms with Crippen molar-refractivity contribution in [1.29, 1.82) is 0 Å². The molecule has 3 atom stereocenters. The minimum absolute atomic E-state index is 0.00789. The van der Waals surface area contributed by atoms with E-state index in [0.717, 1.165) is 36.0 Å². The van der Waals surface area contributed by atoms with Crippen LogP contribution in [0.4, 0.5) is 0 Å². The minimum Gasteiger partial charge on any atom is -0.385 e. The fourth-order valence-electron chi connectivity index (χ4n) is 3.55. The molecule has 3 nitrogen and oxygen atoms in total. The summed E-state index contributed by atoms with van der Waals surface area (Å²) in [4.78, 5) is 0. The van der Waals surface area contributed by atoms with Gasteiger partial charge < -0.3 is 5.11 Å². The SMILES string of the molecule is Cc1ccc(C)c(C(C)(O)C2CCCC(S(C)(=O)=O)C2)c1. The van der Waals surface area contributed by atoms with Crippen LogP contribution in [0.3, 0.4) is 0 Å². The van der Waals surface area contributed by atoms with Gasteiger partial charge in [-0.05, 0) is 57.1 Å². The van der Waals surface area contributed by atoms with Gasteiger partial charge in [-0.2, -0.15) is 0 Å². The normalized spacial score (nSPS) is 26.3. The standard InChI is InChI=1S/C17H26O3S/c1-12-8-9-13(2)16(10-12)17(3,18)14-6-5-7-15(11-14)21(4,19)20/h8-10,14-15,18H,5-7,11H2,1-4H3. The van der Waals surface area contributed by atoms with Crippen molar-refractivity contribution in [3.05, 3.63) is 34.9 Å². The molecule has 1 aliphatic carbocycles. The zero-order chi connectivity index (χ0) is 15.8. The summed E-state index contributed by atoms with van der Waals surface area (Å²) >= 11 is 0. The van der Waals surface area contributed by atoms with Crippen LogP contribution in [-0.4, -0.2) is 25.0 Å². The van der Waals surface area contributed by atoms with Gasteiger partial charge in [-0.3, -0.25) is 0 Å². The van der Waals surface area contributed by atoms with E-state index < -0.39 is 15.4 Å². The van der Waals surface area contributed by atoms with Gasteiger partial charge in [0.2, 0.25) is 0 Å². The number of hydrogen-bond acceptors (Lipinski definition) is 3. The maximum absolute atomic E-state index is 11.8. The number of rotatable bonds is 3. The molecule has 3 unspecified atom stereocenters. The van der Waals surface area contributed by atoms with Crippen LogP contribution in [0.15, 0.2) is 18.2 Å². The van der Waals surface area contributed by atoms with Gasteiger partial charge in [0, 0.05) is 6.26 Å². The van der Waals surface area contributed by atoms with E-state index in [0.29, 0.717) is 6.42 Å². The van der Waals surface area contributed by atoms with Gasteiger partial charge in [-0.1, -0.05) is 30.2 Å². The third kappa shape index (κ3) is 3.49. The molecule has 0 radical (unpaired) electrons. The third-order valence-corrected chi connectivity index (χ3v) is 6.60. The number of aliphatic hydroxyl groups is 1. The molecule has 118 valence electrons. The first-order valence-electron chi connectivity index (χ1n) is 7.61. The summed E-state index contributed by atoms with van der Waals surface area (Å²) in [7, 11) is -3.03. The molecule has 0 amide bonds. The number of aryl methyl sites for hydroxylation is 2. The first-order chi connectivity index (χ1) is 9.62. The van der Waals surface area contributed by atoms with Gasteiger partial charge in [0.15, 0.2) is 0 Å². The largest absolute Gasteiger partial charge is 0.385 e. The summed E-state index contributed by atoms with van der Waals surface area (Å²) in [5.74, 6) is -0.00789. The molecule has 1 saturated carbocycles. The van der Waals surface area contributed by atoms with Crippen molar-refractivity contribution in [2.75, 3.05) is 6.26 Å². The lowest BCUT2D eigenvalue weighted by atomic mass is 9.73. The van der Waals surface area contributed by atoms with E-state index in [1.165, 1.54) is 6.26 Å². The predicted molar refractivity (Wildman–Crippen MR) is 86.1 cm³/mol. The van der Waals surface area contributed by atoms with Gasteiger partial charge in [-0.25, -0.2) is 8.42 Å². The van der Waals surface area contributed by atoms with E-state index >= 15 is 0 Å². The van der Waals surface area contributed by atoms with E-state index in [-0.39, 0.29) is 11.2 Å². The van der Waals surface area contributed by atoms with Crippen molar-refractivity contribution in [3.8, 4) is 0 Å². The molecule has 4 heteroatoms. The van der Waals surface area contributed by atoms with Gasteiger partial charge in [0.1, 0.15) is 9.84 Å². The highest BCUT2D eigenvalue weighted by Gasteiger charge is 2.40. The van der Waals surface area contributed by atoms with E-state index in [9.17, 15) is 13.5 Å². The van der Waals surface area contributed by atoms with Gasteiger partial charge >= 0.3 is 0 Å². The summed E-state index contributed by atoms with van der Waals surface area (Å²) < 4.78 is 23.7.